The summed E-state index contributed by atoms with van der Waals surface area (Å²) < 4.78 is 18.3. The molecule has 5 aromatic carbocycles. The molecule has 2 aromatic heterocycles. The lowest BCUT2D eigenvalue weighted by atomic mass is 9.89. The maximum Gasteiger partial charge on any atom is 0.136 e. The van der Waals surface area contributed by atoms with E-state index in [9.17, 15) is 0 Å². The van der Waals surface area contributed by atoms with Gasteiger partial charge in [-0.15, -0.1) is 0 Å². The molecule has 192 valence electrons. The molecule has 0 aliphatic rings. The van der Waals surface area contributed by atoms with Gasteiger partial charge in [-0.25, -0.2) is 0 Å². The van der Waals surface area contributed by atoms with Gasteiger partial charge in [0.25, 0.3) is 0 Å². The lowest BCUT2D eigenvalue weighted by molar-refractivity contribution is 0.415. The zero-order chi connectivity index (χ0) is 26.7. The number of hydrogen-bond acceptors (Lipinski definition) is 3. The Morgan fingerprint density at radius 1 is 0.526 bits per heavy atom. The third kappa shape index (κ3) is 3.72. The first-order valence-corrected chi connectivity index (χ1v) is 13.7. The third-order valence-corrected chi connectivity index (χ3v) is 7.64. The highest BCUT2D eigenvalue weighted by atomic mass is 16.5. The Labute approximate surface area is 223 Å². The van der Waals surface area contributed by atoms with Crippen molar-refractivity contribution >= 4 is 65.4 Å². The summed E-state index contributed by atoms with van der Waals surface area (Å²) in [5.74, 6) is 1.77. The van der Waals surface area contributed by atoms with Gasteiger partial charge in [-0.3, -0.25) is 0 Å². The molecule has 0 spiro atoms. The van der Waals surface area contributed by atoms with E-state index in [2.05, 4.69) is 88.4 Å². The Kier molecular flexibility index (Phi) is 5.83. The number of hydrogen-bond donors (Lipinski definition) is 0. The van der Waals surface area contributed by atoms with E-state index in [1.54, 1.807) is 7.11 Å². The minimum absolute atomic E-state index is 0.440. The highest BCUT2D eigenvalue weighted by Crippen LogP contribution is 2.41. The fourth-order valence-electron chi connectivity index (χ4n) is 5.61. The highest BCUT2D eigenvalue weighted by molar-refractivity contribution is 6.18. The van der Waals surface area contributed by atoms with Crippen molar-refractivity contribution in [2.24, 2.45) is 0 Å². The van der Waals surface area contributed by atoms with E-state index >= 15 is 0 Å². The SMILES string of the molecule is CC.COc1ccc2cc3oc4cc5c(cc4c3cc2c1)oc1cc2c(C(C)C)cc(C(C)C)cc2cc15. The van der Waals surface area contributed by atoms with Crippen LogP contribution in [0, 0.1) is 0 Å². The smallest absolute Gasteiger partial charge is 0.136 e. The molecule has 0 atom stereocenters. The molecule has 0 saturated heterocycles. The van der Waals surface area contributed by atoms with Gasteiger partial charge in [0.1, 0.15) is 28.1 Å². The normalized spacial score (nSPS) is 12.0. The zero-order valence-electron chi connectivity index (χ0n) is 23.2. The molecule has 0 radical (unpaired) electrons. The third-order valence-electron chi connectivity index (χ3n) is 7.64. The molecule has 3 nitrogen and oxygen atoms in total. The van der Waals surface area contributed by atoms with Crippen molar-refractivity contribution in [1.82, 2.24) is 0 Å². The Hall–Kier alpha value is -3.98. The summed E-state index contributed by atoms with van der Waals surface area (Å²) in [7, 11) is 1.70. The fourth-order valence-corrected chi connectivity index (χ4v) is 5.61. The van der Waals surface area contributed by atoms with E-state index < -0.39 is 0 Å². The standard InChI is InChI=1S/C33H28O3.C2H6/c1-17(2)20-8-22-12-27-29-16-32-28(15-33(29)36-31(27)14-25(22)24(10-20)18(3)4)26-11-21-9-23(34-5)7-6-19(21)13-30(26)35-32;1-2/h6-18H,1-5H3;1-2H3. The molecule has 0 aliphatic heterocycles. The van der Waals surface area contributed by atoms with E-state index in [0.717, 1.165) is 60.4 Å². The van der Waals surface area contributed by atoms with E-state index in [0.29, 0.717) is 11.8 Å². The average Bonchev–Trinajstić information content (AvgIpc) is 3.45. The lowest BCUT2D eigenvalue weighted by Crippen LogP contribution is -1.95. The van der Waals surface area contributed by atoms with Gasteiger partial charge in [0.2, 0.25) is 0 Å². The molecule has 0 fully saturated rings. The summed E-state index contributed by atoms with van der Waals surface area (Å²) in [6.45, 7) is 13.0. The van der Waals surface area contributed by atoms with Gasteiger partial charge < -0.3 is 13.6 Å². The number of furan rings is 2. The minimum atomic E-state index is 0.440. The maximum atomic E-state index is 6.46. The Morgan fingerprint density at radius 3 is 1.66 bits per heavy atom. The zero-order valence-corrected chi connectivity index (χ0v) is 23.2. The van der Waals surface area contributed by atoms with Crippen molar-refractivity contribution in [2.45, 2.75) is 53.4 Å². The summed E-state index contributed by atoms with van der Waals surface area (Å²) in [4.78, 5) is 0. The van der Waals surface area contributed by atoms with Gasteiger partial charge in [0.05, 0.1) is 7.11 Å². The van der Waals surface area contributed by atoms with E-state index in [1.807, 2.05) is 19.9 Å². The Bertz CT molecular complexity index is 1980. The minimum Gasteiger partial charge on any atom is -0.497 e. The van der Waals surface area contributed by atoms with Gasteiger partial charge in [-0.2, -0.15) is 0 Å². The summed E-state index contributed by atoms with van der Waals surface area (Å²) in [5, 5.41) is 9.17. The van der Waals surface area contributed by atoms with Crippen molar-refractivity contribution in [3.05, 3.63) is 77.9 Å². The molecular formula is C35H34O3. The topological polar surface area (TPSA) is 35.5 Å². The molecule has 0 amide bonds. The van der Waals surface area contributed by atoms with Gasteiger partial charge in [0, 0.05) is 21.5 Å². The van der Waals surface area contributed by atoms with Crippen LogP contribution in [0.1, 0.15) is 64.5 Å². The second-order valence-corrected chi connectivity index (χ2v) is 10.6. The summed E-state index contributed by atoms with van der Waals surface area (Å²) in [6, 6.07) is 23.9. The highest BCUT2D eigenvalue weighted by Gasteiger charge is 2.17. The Morgan fingerprint density at radius 2 is 1.08 bits per heavy atom. The van der Waals surface area contributed by atoms with Crippen LogP contribution >= 0.6 is 0 Å². The van der Waals surface area contributed by atoms with E-state index in [1.165, 1.54) is 21.9 Å². The first-order chi connectivity index (χ1) is 18.4. The van der Waals surface area contributed by atoms with Gasteiger partial charge >= 0.3 is 0 Å². The Balaban J connectivity index is 0.00000129. The summed E-state index contributed by atoms with van der Waals surface area (Å²) in [5.41, 5.74) is 6.32. The average molecular weight is 503 g/mol. The number of fused-ring (bicyclic) bond motifs is 8. The molecule has 0 unspecified atom stereocenters. The number of ether oxygens (including phenoxy) is 1. The summed E-state index contributed by atoms with van der Waals surface area (Å²) in [6.07, 6.45) is 0. The van der Waals surface area contributed by atoms with Crippen LogP contribution in [0.2, 0.25) is 0 Å². The predicted molar refractivity (Wildman–Crippen MR) is 162 cm³/mol. The van der Waals surface area contributed by atoms with Crippen LogP contribution in [0.3, 0.4) is 0 Å². The maximum absolute atomic E-state index is 6.46. The van der Waals surface area contributed by atoms with E-state index in [-0.39, 0.29) is 0 Å². The number of benzene rings is 5. The van der Waals surface area contributed by atoms with Crippen molar-refractivity contribution in [3.63, 3.8) is 0 Å². The number of methoxy groups -OCH3 is 1. The molecule has 2 heterocycles. The monoisotopic (exact) mass is 502 g/mol. The van der Waals surface area contributed by atoms with Crippen LogP contribution < -0.4 is 4.74 Å². The van der Waals surface area contributed by atoms with Crippen LogP contribution in [-0.4, -0.2) is 7.11 Å². The second kappa shape index (κ2) is 9.09. The predicted octanol–water partition coefficient (Wildman–Crippen LogP) is 11.1. The molecule has 7 aromatic rings. The van der Waals surface area contributed by atoms with E-state index in [4.69, 9.17) is 13.6 Å². The molecular weight excluding hydrogens is 468 g/mol. The van der Waals surface area contributed by atoms with Gasteiger partial charge in [-0.1, -0.05) is 59.7 Å². The lowest BCUT2D eigenvalue weighted by Gasteiger charge is -2.15. The van der Waals surface area contributed by atoms with Crippen LogP contribution in [0.15, 0.2) is 75.6 Å². The summed E-state index contributed by atoms with van der Waals surface area (Å²) >= 11 is 0. The molecule has 0 aliphatic carbocycles. The molecule has 7 rings (SSSR count). The fraction of sp³-hybridized carbons (Fsp3) is 0.257. The largest absolute Gasteiger partial charge is 0.497 e. The van der Waals surface area contributed by atoms with Crippen LogP contribution in [0.5, 0.6) is 5.75 Å². The van der Waals surface area contributed by atoms with Crippen LogP contribution in [0.4, 0.5) is 0 Å². The van der Waals surface area contributed by atoms with Crippen molar-refractivity contribution in [3.8, 4) is 5.75 Å². The first-order valence-electron chi connectivity index (χ1n) is 13.7. The molecule has 3 heteroatoms. The van der Waals surface area contributed by atoms with Crippen molar-refractivity contribution in [1.29, 1.82) is 0 Å². The molecule has 0 saturated carbocycles. The second-order valence-electron chi connectivity index (χ2n) is 10.6. The van der Waals surface area contributed by atoms with Crippen LogP contribution in [0.25, 0.3) is 65.4 Å². The van der Waals surface area contributed by atoms with Crippen molar-refractivity contribution < 1.29 is 13.6 Å². The molecule has 38 heavy (non-hydrogen) atoms. The molecule has 0 bridgehead atoms. The quantitative estimate of drug-likeness (QED) is 0.241. The van der Waals surface area contributed by atoms with Crippen LogP contribution in [-0.2, 0) is 0 Å². The van der Waals surface area contributed by atoms with Gasteiger partial charge in [0.15, 0.2) is 0 Å². The van der Waals surface area contributed by atoms with Crippen molar-refractivity contribution in [2.75, 3.05) is 7.11 Å². The number of rotatable bonds is 3. The van der Waals surface area contributed by atoms with Gasteiger partial charge in [-0.05, 0) is 93.0 Å². The molecule has 0 N–H and O–H groups in total. The first kappa shape index (κ1) is 24.4.